The molecule has 0 spiro atoms. The van der Waals surface area contributed by atoms with Gasteiger partial charge in [0.1, 0.15) is 5.82 Å². The van der Waals surface area contributed by atoms with Crippen molar-refractivity contribution in [1.82, 2.24) is 9.55 Å². The van der Waals surface area contributed by atoms with E-state index in [9.17, 15) is 4.79 Å². The van der Waals surface area contributed by atoms with Crippen molar-refractivity contribution in [1.29, 1.82) is 0 Å². The number of nitrogens with zero attached hydrogens (tertiary/aromatic N) is 2. The molecule has 1 heterocycles. The van der Waals surface area contributed by atoms with Crippen molar-refractivity contribution in [3.8, 4) is 11.1 Å². The molecule has 0 aliphatic carbocycles. The SMILES string of the molecule is CC.CC.[2H]c1ccccc1-c1ccc(Cn2c(C)nc3ccccc3c2=O)cc1. The average Bonchev–Trinajstić information content (AvgIpc) is 2.80. The number of hydrogen-bond donors (Lipinski definition) is 0. The number of rotatable bonds is 3. The molecule has 0 aliphatic rings. The summed E-state index contributed by atoms with van der Waals surface area (Å²) in [5.74, 6) is 0.703. The standard InChI is InChI=1S/C22H18N2O.2C2H6/c1-16-23-21-10-6-5-9-20(21)22(25)24(16)15-17-11-13-19(14-12-17)18-7-3-2-4-8-18;2*1-2/h2-14H,15H2,1H3;2*1-2H3/i7D;;. The smallest absolute Gasteiger partial charge is 0.261 e. The number of para-hydroxylation sites is 1. The van der Waals surface area contributed by atoms with Gasteiger partial charge in [-0.15, -0.1) is 0 Å². The number of hydrogen-bond acceptors (Lipinski definition) is 2. The average molecular weight is 388 g/mol. The van der Waals surface area contributed by atoms with Crippen molar-refractivity contribution in [2.45, 2.75) is 41.2 Å². The van der Waals surface area contributed by atoms with E-state index in [0.717, 1.165) is 22.2 Å². The zero-order valence-electron chi connectivity index (χ0n) is 18.9. The van der Waals surface area contributed by atoms with Crippen molar-refractivity contribution in [2.75, 3.05) is 0 Å². The van der Waals surface area contributed by atoms with Crippen molar-refractivity contribution in [3.05, 3.63) is 101 Å². The highest BCUT2D eigenvalue weighted by Crippen LogP contribution is 2.19. The van der Waals surface area contributed by atoms with Crippen LogP contribution in [0.2, 0.25) is 0 Å². The molecule has 0 radical (unpaired) electrons. The first kappa shape index (κ1) is 20.5. The van der Waals surface area contributed by atoms with E-state index in [-0.39, 0.29) is 5.56 Å². The molecular weight excluding hydrogens is 356 g/mol. The lowest BCUT2D eigenvalue weighted by Gasteiger charge is -2.11. The van der Waals surface area contributed by atoms with E-state index in [0.29, 0.717) is 23.8 Å². The molecule has 3 aromatic carbocycles. The zero-order chi connectivity index (χ0) is 22.1. The molecular formula is C26H30N2O. The van der Waals surface area contributed by atoms with Crippen LogP contribution in [0.15, 0.2) is 83.6 Å². The quantitative estimate of drug-likeness (QED) is 0.404. The predicted molar refractivity (Wildman–Crippen MR) is 124 cm³/mol. The Labute approximate surface area is 175 Å². The zero-order valence-corrected chi connectivity index (χ0v) is 17.9. The third-order valence-electron chi connectivity index (χ3n) is 4.37. The van der Waals surface area contributed by atoms with Gasteiger partial charge in [0.25, 0.3) is 5.56 Å². The van der Waals surface area contributed by atoms with E-state index in [1.807, 2.05) is 101 Å². The first-order chi connectivity index (χ1) is 14.6. The fourth-order valence-electron chi connectivity index (χ4n) is 3.01. The summed E-state index contributed by atoms with van der Waals surface area (Å²) in [6, 6.07) is 23.5. The number of aromatic nitrogens is 2. The summed E-state index contributed by atoms with van der Waals surface area (Å²) >= 11 is 0. The Balaban J connectivity index is 0.000000757. The van der Waals surface area contributed by atoms with Crippen LogP contribution >= 0.6 is 0 Å². The van der Waals surface area contributed by atoms with E-state index >= 15 is 0 Å². The number of aryl methyl sites for hydroxylation is 1. The molecule has 150 valence electrons. The monoisotopic (exact) mass is 387 g/mol. The van der Waals surface area contributed by atoms with Crippen LogP contribution in [-0.4, -0.2) is 9.55 Å². The fourth-order valence-corrected chi connectivity index (χ4v) is 3.01. The Hall–Kier alpha value is -3.20. The van der Waals surface area contributed by atoms with Gasteiger partial charge in [-0.25, -0.2) is 4.98 Å². The highest BCUT2D eigenvalue weighted by atomic mass is 16.1. The van der Waals surface area contributed by atoms with E-state index in [1.54, 1.807) is 10.6 Å². The lowest BCUT2D eigenvalue weighted by molar-refractivity contribution is 0.713. The van der Waals surface area contributed by atoms with Gasteiger partial charge < -0.3 is 0 Å². The summed E-state index contributed by atoms with van der Waals surface area (Å²) in [5.41, 5.74) is 3.64. The van der Waals surface area contributed by atoms with Gasteiger partial charge in [-0.2, -0.15) is 0 Å². The van der Waals surface area contributed by atoms with Crippen LogP contribution in [0.25, 0.3) is 22.0 Å². The van der Waals surface area contributed by atoms with Gasteiger partial charge in [0, 0.05) is 0 Å². The Morgan fingerprint density at radius 2 is 1.48 bits per heavy atom. The van der Waals surface area contributed by atoms with Gasteiger partial charge in [-0.05, 0) is 35.7 Å². The second kappa shape index (κ2) is 11.0. The molecule has 0 amide bonds. The maximum atomic E-state index is 12.8. The summed E-state index contributed by atoms with van der Waals surface area (Å²) in [4.78, 5) is 17.3. The minimum Gasteiger partial charge on any atom is -0.292 e. The lowest BCUT2D eigenvalue weighted by Crippen LogP contribution is -2.24. The molecule has 0 fully saturated rings. The molecule has 4 aromatic rings. The molecule has 0 atom stereocenters. The van der Waals surface area contributed by atoms with E-state index in [4.69, 9.17) is 1.37 Å². The Morgan fingerprint density at radius 1 is 0.828 bits per heavy atom. The second-order valence-electron chi connectivity index (χ2n) is 6.04. The van der Waals surface area contributed by atoms with E-state index in [2.05, 4.69) is 4.98 Å². The molecule has 0 saturated heterocycles. The lowest BCUT2D eigenvalue weighted by atomic mass is 10.0. The minimum absolute atomic E-state index is 0.0197. The Bertz CT molecular complexity index is 1150. The minimum atomic E-state index is -0.0197. The molecule has 3 heteroatoms. The Kier molecular flexibility index (Phi) is 7.76. The third-order valence-corrected chi connectivity index (χ3v) is 4.37. The number of fused-ring (bicyclic) bond motifs is 1. The highest BCUT2D eigenvalue weighted by molar-refractivity contribution is 5.77. The normalized spacial score (nSPS) is 10.3. The summed E-state index contributed by atoms with van der Waals surface area (Å²) in [5, 5.41) is 0.637. The van der Waals surface area contributed by atoms with Gasteiger partial charge in [0.15, 0.2) is 0 Å². The second-order valence-corrected chi connectivity index (χ2v) is 6.04. The van der Waals surface area contributed by atoms with Crippen LogP contribution in [0.5, 0.6) is 0 Å². The summed E-state index contributed by atoms with van der Waals surface area (Å²) in [6.07, 6.45) is 0. The third kappa shape index (κ3) is 5.20. The van der Waals surface area contributed by atoms with Crippen LogP contribution < -0.4 is 5.56 Å². The topological polar surface area (TPSA) is 34.9 Å². The maximum Gasteiger partial charge on any atom is 0.261 e. The molecule has 0 unspecified atom stereocenters. The summed E-state index contributed by atoms with van der Waals surface area (Å²) in [7, 11) is 0. The van der Waals surface area contributed by atoms with Crippen molar-refractivity contribution >= 4 is 10.9 Å². The molecule has 4 rings (SSSR count). The van der Waals surface area contributed by atoms with Crippen molar-refractivity contribution in [2.24, 2.45) is 0 Å². The fraction of sp³-hybridized carbons (Fsp3) is 0.231. The first-order valence-corrected chi connectivity index (χ1v) is 10.2. The maximum absolute atomic E-state index is 12.8. The van der Waals surface area contributed by atoms with Crippen LogP contribution in [0.1, 0.15) is 40.5 Å². The highest BCUT2D eigenvalue weighted by Gasteiger charge is 2.08. The molecule has 3 nitrogen and oxygen atoms in total. The van der Waals surface area contributed by atoms with E-state index in [1.165, 1.54) is 0 Å². The van der Waals surface area contributed by atoms with E-state index < -0.39 is 0 Å². The Morgan fingerprint density at radius 3 is 2.17 bits per heavy atom. The van der Waals surface area contributed by atoms with Crippen molar-refractivity contribution < 1.29 is 1.37 Å². The summed E-state index contributed by atoms with van der Waals surface area (Å²) in [6.45, 7) is 10.3. The largest absolute Gasteiger partial charge is 0.292 e. The van der Waals surface area contributed by atoms with Gasteiger partial charge in [0.05, 0.1) is 18.8 Å². The summed E-state index contributed by atoms with van der Waals surface area (Å²) < 4.78 is 9.72. The van der Waals surface area contributed by atoms with Crippen LogP contribution in [0, 0.1) is 6.92 Å². The van der Waals surface area contributed by atoms with Gasteiger partial charge >= 0.3 is 0 Å². The van der Waals surface area contributed by atoms with Crippen molar-refractivity contribution in [3.63, 3.8) is 0 Å². The van der Waals surface area contributed by atoms with Crippen LogP contribution in [0.4, 0.5) is 0 Å². The molecule has 0 saturated carbocycles. The first-order valence-electron chi connectivity index (χ1n) is 10.7. The van der Waals surface area contributed by atoms with Crippen LogP contribution in [0.3, 0.4) is 0 Å². The van der Waals surface area contributed by atoms with Gasteiger partial charge in [-0.3, -0.25) is 9.36 Å². The molecule has 29 heavy (non-hydrogen) atoms. The molecule has 0 aliphatic heterocycles. The van der Waals surface area contributed by atoms with Crippen LogP contribution in [-0.2, 0) is 6.54 Å². The van der Waals surface area contributed by atoms with Gasteiger partial charge in [0.2, 0.25) is 0 Å². The molecule has 1 aromatic heterocycles. The molecule has 0 bridgehead atoms. The molecule has 0 N–H and O–H groups in total. The predicted octanol–water partition coefficient (Wildman–Crippen LogP) is 6.47. The van der Waals surface area contributed by atoms with Gasteiger partial charge in [-0.1, -0.05) is 94.4 Å². The number of benzene rings is 3.